The van der Waals surface area contributed by atoms with Gasteiger partial charge in [-0.05, 0) is 55.9 Å². The third-order valence-electron chi connectivity index (χ3n) is 5.98. The Morgan fingerprint density at radius 3 is 2.50 bits per heavy atom. The van der Waals surface area contributed by atoms with E-state index in [0.717, 1.165) is 66.4 Å². The van der Waals surface area contributed by atoms with Crippen LogP contribution < -0.4 is 15.5 Å². The Hall–Kier alpha value is -3.65. The van der Waals surface area contributed by atoms with Crippen molar-refractivity contribution in [1.29, 1.82) is 0 Å². The molecule has 0 bridgehead atoms. The summed E-state index contributed by atoms with van der Waals surface area (Å²) in [5, 5.41) is 14.9. The van der Waals surface area contributed by atoms with Crippen molar-refractivity contribution in [3.8, 4) is 0 Å². The number of aromatic amines is 1. The fraction of sp³-hybridized carbons (Fsp3) is 0.292. The molecule has 5 rings (SSSR count). The Kier molecular flexibility index (Phi) is 5.60. The summed E-state index contributed by atoms with van der Waals surface area (Å²) < 4.78 is 0. The minimum Gasteiger partial charge on any atom is -0.369 e. The van der Waals surface area contributed by atoms with E-state index in [-0.39, 0.29) is 0 Å². The van der Waals surface area contributed by atoms with E-state index < -0.39 is 0 Å². The van der Waals surface area contributed by atoms with Crippen LogP contribution in [0.15, 0.2) is 54.9 Å². The number of benzene rings is 2. The molecule has 164 valence electrons. The molecule has 0 atom stereocenters. The first-order valence-corrected chi connectivity index (χ1v) is 11.1. The Bertz CT molecular complexity index is 1190. The molecule has 1 fully saturated rings. The number of hydrogen-bond donors (Lipinski definition) is 3. The lowest BCUT2D eigenvalue weighted by Gasteiger charge is -2.35. The fourth-order valence-electron chi connectivity index (χ4n) is 3.99. The van der Waals surface area contributed by atoms with Crippen LogP contribution in [-0.4, -0.2) is 57.8 Å². The van der Waals surface area contributed by atoms with E-state index in [4.69, 9.17) is 0 Å². The van der Waals surface area contributed by atoms with Crippen LogP contribution in [-0.2, 0) is 0 Å². The van der Waals surface area contributed by atoms with Crippen LogP contribution in [0.3, 0.4) is 0 Å². The quantitative estimate of drug-likeness (QED) is 0.422. The second kappa shape index (κ2) is 8.84. The average Bonchev–Trinajstić information content (AvgIpc) is 3.30. The fourth-order valence-corrected chi connectivity index (χ4v) is 3.99. The molecule has 3 heterocycles. The number of fused-ring (bicyclic) bond motifs is 1. The minimum absolute atomic E-state index is 0.560. The van der Waals surface area contributed by atoms with E-state index in [2.05, 4.69) is 71.8 Å². The third-order valence-corrected chi connectivity index (χ3v) is 5.98. The summed E-state index contributed by atoms with van der Waals surface area (Å²) in [4.78, 5) is 14.1. The average molecular weight is 429 g/mol. The summed E-state index contributed by atoms with van der Waals surface area (Å²) in [5.41, 5.74) is 5.13. The molecular weight excluding hydrogens is 400 g/mol. The molecule has 32 heavy (non-hydrogen) atoms. The molecule has 0 unspecified atom stereocenters. The molecule has 0 amide bonds. The number of nitrogens with zero attached hydrogens (tertiary/aromatic N) is 5. The van der Waals surface area contributed by atoms with Gasteiger partial charge in [0.1, 0.15) is 5.82 Å². The van der Waals surface area contributed by atoms with Gasteiger partial charge in [-0.2, -0.15) is 10.1 Å². The summed E-state index contributed by atoms with van der Waals surface area (Å²) >= 11 is 0. The molecule has 1 saturated heterocycles. The van der Waals surface area contributed by atoms with Gasteiger partial charge in [0.25, 0.3) is 0 Å². The highest BCUT2D eigenvalue weighted by atomic mass is 15.3. The second-order valence-corrected chi connectivity index (χ2v) is 8.12. The van der Waals surface area contributed by atoms with E-state index in [1.807, 2.05) is 37.5 Å². The van der Waals surface area contributed by atoms with Gasteiger partial charge >= 0.3 is 0 Å². The molecule has 8 nitrogen and oxygen atoms in total. The number of aromatic nitrogens is 4. The first-order chi connectivity index (χ1) is 15.7. The lowest BCUT2D eigenvalue weighted by atomic mass is 10.2. The van der Waals surface area contributed by atoms with Crippen LogP contribution in [0.5, 0.6) is 0 Å². The van der Waals surface area contributed by atoms with E-state index in [0.29, 0.717) is 5.95 Å². The number of H-pyrrole nitrogens is 1. The number of aryl methyl sites for hydroxylation is 1. The van der Waals surface area contributed by atoms with Crippen molar-refractivity contribution in [2.24, 2.45) is 0 Å². The van der Waals surface area contributed by atoms with Gasteiger partial charge in [-0.25, -0.2) is 4.98 Å². The van der Waals surface area contributed by atoms with Gasteiger partial charge in [-0.1, -0.05) is 6.92 Å². The van der Waals surface area contributed by atoms with Gasteiger partial charge in [0.05, 0.1) is 11.7 Å². The maximum absolute atomic E-state index is 4.69. The largest absolute Gasteiger partial charge is 0.369 e. The standard InChI is InChI=1S/C24H28N8/c1-3-31-10-12-32(13-11-31)21-8-6-19(7-9-21)28-24-25-15-17(2)23(29-24)27-20-5-4-18-16-26-30-22(18)14-20/h4-9,14-16H,3,10-13H2,1-2H3,(H,26,30)(H2,25,27,28,29). The molecule has 0 saturated carbocycles. The number of likely N-dealkylation sites (N-methyl/N-ethyl adjacent to an activating group) is 1. The second-order valence-electron chi connectivity index (χ2n) is 8.12. The summed E-state index contributed by atoms with van der Waals surface area (Å²) in [6.07, 6.45) is 3.64. The Balaban J connectivity index is 1.27. The molecular formula is C24H28N8. The monoisotopic (exact) mass is 428 g/mol. The lowest BCUT2D eigenvalue weighted by Crippen LogP contribution is -2.46. The Labute approximate surface area is 187 Å². The summed E-state index contributed by atoms with van der Waals surface area (Å²) in [6.45, 7) is 9.73. The molecule has 2 aromatic carbocycles. The van der Waals surface area contributed by atoms with Crippen molar-refractivity contribution in [2.75, 3.05) is 48.3 Å². The summed E-state index contributed by atoms with van der Waals surface area (Å²) in [6, 6.07) is 14.6. The van der Waals surface area contributed by atoms with Crippen molar-refractivity contribution in [1.82, 2.24) is 25.1 Å². The van der Waals surface area contributed by atoms with Gasteiger partial charge in [-0.3, -0.25) is 5.10 Å². The normalized spacial score (nSPS) is 14.6. The zero-order valence-electron chi connectivity index (χ0n) is 18.5. The smallest absolute Gasteiger partial charge is 0.229 e. The van der Waals surface area contributed by atoms with Gasteiger partial charge in [0.15, 0.2) is 0 Å². The number of hydrogen-bond acceptors (Lipinski definition) is 7. The van der Waals surface area contributed by atoms with E-state index in [9.17, 15) is 0 Å². The highest BCUT2D eigenvalue weighted by Gasteiger charge is 2.15. The predicted molar refractivity (Wildman–Crippen MR) is 130 cm³/mol. The maximum atomic E-state index is 4.69. The van der Waals surface area contributed by atoms with Crippen molar-refractivity contribution >= 4 is 39.7 Å². The maximum Gasteiger partial charge on any atom is 0.229 e. The molecule has 3 N–H and O–H groups in total. The zero-order valence-corrected chi connectivity index (χ0v) is 18.5. The van der Waals surface area contributed by atoms with Gasteiger partial charge in [0, 0.05) is 60.4 Å². The van der Waals surface area contributed by atoms with Crippen molar-refractivity contribution in [3.05, 3.63) is 60.4 Å². The first kappa shape index (κ1) is 20.3. The molecule has 8 heteroatoms. The Morgan fingerprint density at radius 2 is 1.72 bits per heavy atom. The Morgan fingerprint density at radius 1 is 0.938 bits per heavy atom. The van der Waals surface area contributed by atoms with Crippen molar-refractivity contribution in [3.63, 3.8) is 0 Å². The molecule has 1 aliphatic heterocycles. The van der Waals surface area contributed by atoms with Crippen LogP contribution in [0, 0.1) is 6.92 Å². The zero-order chi connectivity index (χ0) is 21.9. The molecule has 4 aromatic rings. The first-order valence-electron chi connectivity index (χ1n) is 11.1. The molecule has 2 aromatic heterocycles. The number of anilines is 5. The van der Waals surface area contributed by atoms with E-state index in [1.54, 1.807) is 0 Å². The van der Waals surface area contributed by atoms with Crippen molar-refractivity contribution < 1.29 is 0 Å². The molecule has 0 aliphatic carbocycles. The minimum atomic E-state index is 0.560. The number of rotatable bonds is 6. The van der Waals surface area contributed by atoms with Crippen molar-refractivity contribution in [2.45, 2.75) is 13.8 Å². The summed E-state index contributed by atoms with van der Waals surface area (Å²) in [5.74, 6) is 1.33. The number of piperazine rings is 1. The van der Waals surface area contributed by atoms with E-state index in [1.165, 1.54) is 5.69 Å². The van der Waals surface area contributed by atoms with Crippen LogP contribution in [0.2, 0.25) is 0 Å². The van der Waals surface area contributed by atoms with Gasteiger partial charge < -0.3 is 20.4 Å². The molecule has 1 aliphatic rings. The van der Waals surface area contributed by atoms with Crippen LogP contribution in [0.25, 0.3) is 10.9 Å². The van der Waals surface area contributed by atoms with Crippen LogP contribution >= 0.6 is 0 Å². The lowest BCUT2D eigenvalue weighted by molar-refractivity contribution is 0.271. The summed E-state index contributed by atoms with van der Waals surface area (Å²) in [7, 11) is 0. The highest BCUT2D eigenvalue weighted by Crippen LogP contribution is 2.24. The van der Waals surface area contributed by atoms with Gasteiger partial charge in [0.2, 0.25) is 5.95 Å². The van der Waals surface area contributed by atoms with Crippen LogP contribution in [0.4, 0.5) is 28.8 Å². The van der Waals surface area contributed by atoms with E-state index >= 15 is 0 Å². The molecule has 0 radical (unpaired) electrons. The predicted octanol–water partition coefficient (Wildman–Crippen LogP) is 4.29. The highest BCUT2D eigenvalue weighted by molar-refractivity contribution is 5.82. The molecule has 0 spiro atoms. The number of nitrogens with one attached hydrogen (secondary N) is 3. The van der Waals surface area contributed by atoms with Gasteiger partial charge in [-0.15, -0.1) is 0 Å². The van der Waals surface area contributed by atoms with Crippen LogP contribution in [0.1, 0.15) is 12.5 Å². The SMILES string of the molecule is CCN1CCN(c2ccc(Nc3ncc(C)c(Nc4ccc5cn[nH]c5c4)n3)cc2)CC1. The topological polar surface area (TPSA) is 85.0 Å². The third kappa shape index (κ3) is 4.36.